The van der Waals surface area contributed by atoms with Gasteiger partial charge in [0.05, 0.1) is 22.5 Å². The average Bonchev–Trinajstić information content (AvgIpc) is 3.53. The smallest absolute Gasteiger partial charge is 0.256 e. The van der Waals surface area contributed by atoms with E-state index in [1.807, 2.05) is 49.6 Å². The first-order valence-corrected chi connectivity index (χ1v) is 11.9. The number of carbonyl (C=O) groups excluding carboxylic acids is 2. The fourth-order valence-corrected chi connectivity index (χ4v) is 5.08. The Balaban J connectivity index is 1.51. The van der Waals surface area contributed by atoms with Gasteiger partial charge in [0.25, 0.3) is 5.91 Å². The first kappa shape index (κ1) is 21.9. The Labute approximate surface area is 201 Å². The zero-order valence-electron chi connectivity index (χ0n) is 19.0. The molecule has 1 aliphatic heterocycles. The summed E-state index contributed by atoms with van der Waals surface area (Å²) in [6.07, 6.45) is 0. The van der Waals surface area contributed by atoms with Crippen LogP contribution >= 0.6 is 11.3 Å². The standard InChI is InChI=1S/C26H25N5O2S/c1-14(2)28-25(32)15(3)12-31-13-19-17(7-8-20(27)23(19)26(31)33)16-6-9-21-18(11-16)24(30-29-21)22-5-4-10-34-22/h4-11,14H,3,12-13,27H2,1-2H3,(H,28,32)(H,29,30). The van der Waals surface area contributed by atoms with Crippen molar-refractivity contribution in [2.45, 2.75) is 26.4 Å². The van der Waals surface area contributed by atoms with Gasteiger partial charge in [0.2, 0.25) is 5.91 Å². The maximum atomic E-state index is 13.2. The SMILES string of the molecule is C=C(CN1Cc2c(-c3ccc4[nH]nc(-c5cccs5)c4c3)ccc(N)c2C1=O)C(=O)NC(C)C. The minimum atomic E-state index is -0.251. The van der Waals surface area contributed by atoms with E-state index in [4.69, 9.17) is 5.73 Å². The van der Waals surface area contributed by atoms with Gasteiger partial charge in [-0.2, -0.15) is 5.10 Å². The summed E-state index contributed by atoms with van der Waals surface area (Å²) in [5.74, 6) is -0.435. The maximum absolute atomic E-state index is 13.2. The largest absolute Gasteiger partial charge is 0.398 e. The number of hydrogen-bond acceptors (Lipinski definition) is 5. The van der Waals surface area contributed by atoms with Crippen molar-refractivity contribution in [1.29, 1.82) is 0 Å². The number of nitrogens with two attached hydrogens (primary N) is 1. The van der Waals surface area contributed by atoms with Crippen LogP contribution in [0.15, 0.2) is 60.0 Å². The summed E-state index contributed by atoms with van der Waals surface area (Å²) in [5, 5.41) is 13.5. The Morgan fingerprint density at radius 1 is 1.29 bits per heavy atom. The molecule has 5 rings (SSSR count). The summed E-state index contributed by atoms with van der Waals surface area (Å²) in [5.41, 5.74) is 12.1. The summed E-state index contributed by atoms with van der Waals surface area (Å²) >= 11 is 1.64. The number of carbonyl (C=O) groups is 2. The highest BCUT2D eigenvalue weighted by molar-refractivity contribution is 7.13. The van der Waals surface area contributed by atoms with Crippen LogP contribution in [0.25, 0.3) is 32.6 Å². The number of hydrogen-bond donors (Lipinski definition) is 3. The zero-order valence-corrected chi connectivity index (χ0v) is 19.8. The van der Waals surface area contributed by atoms with Crippen LogP contribution in [0, 0.1) is 0 Å². The molecule has 8 heteroatoms. The van der Waals surface area contributed by atoms with Crippen molar-refractivity contribution in [2.75, 3.05) is 12.3 Å². The summed E-state index contributed by atoms with van der Waals surface area (Å²) in [4.78, 5) is 28.3. The van der Waals surface area contributed by atoms with Crippen LogP contribution in [0.5, 0.6) is 0 Å². The Morgan fingerprint density at radius 2 is 2.12 bits per heavy atom. The molecule has 4 aromatic rings. The molecule has 0 unspecified atom stereocenters. The van der Waals surface area contributed by atoms with Crippen molar-refractivity contribution in [1.82, 2.24) is 20.4 Å². The molecule has 4 N–H and O–H groups in total. The van der Waals surface area contributed by atoms with Crippen LogP contribution in [0.2, 0.25) is 0 Å². The van der Waals surface area contributed by atoms with Gasteiger partial charge in [-0.3, -0.25) is 14.7 Å². The molecule has 0 bridgehead atoms. The number of anilines is 1. The number of thiophene rings is 1. The van der Waals surface area contributed by atoms with Crippen LogP contribution in [0.3, 0.4) is 0 Å². The highest BCUT2D eigenvalue weighted by Gasteiger charge is 2.33. The van der Waals surface area contributed by atoms with Gasteiger partial charge < -0.3 is 16.0 Å². The van der Waals surface area contributed by atoms with Gasteiger partial charge in [-0.15, -0.1) is 11.3 Å². The number of aromatic nitrogens is 2. The number of rotatable bonds is 6. The first-order chi connectivity index (χ1) is 16.3. The third-order valence-corrected chi connectivity index (χ3v) is 6.82. The van der Waals surface area contributed by atoms with Crippen molar-refractivity contribution < 1.29 is 9.59 Å². The second-order valence-electron chi connectivity index (χ2n) is 8.76. The molecular formula is C26H25N5O2S. The average molecular weight is 472 g/mol. The molecule has 2 aromatic carbocycles. The number of amides is 2. The van der Waals surface area contributed by atoms with Gasteiger partial charge >= 0.3 is 0 Å². The van der Waals surface area contributed by atoms with Crippen molar-refractivity contribution in [3.63, 3.8) is 0 Å². The summed E-state index contributed by atoms with van der Waals surface area (Å²) in [7, 11) is 0. The number of H-pyrrole nitrogens is 1. The summed E-state index contributed by atoms with van der Waals surface area (Å²) in [6.45, 7) is 8.17. The van der Waals surface area contributed by atoms with E-state index < -0.39 is 0 Å². The van der Waals surface area contributed by atoms with Crippen molar-refractivity contribution >= 4 is 39.7 Å². The van der Waals surface area contributed by atoms with Gasteiger partial charge in [0, 0.05) is 29.2 Å². The van der Waals surface area contributed by atoms with E-state index in [2.05, 4.69) is 28.2 Å². The van der Waals surface area contributed by atoms with E-state index in [-0.39, 0.29) is 24.4 Å². The van der Waals surface area contributed by atoms with E-state index in [0.717, 1.165) is 38.2 Å². The van der Waals surface area contributed by atoms with E-state index in [1.165, 1.54) is 0 Å². The lowest BCUT2D eigenvalue weighted by molar-refractivity contribution is -0.118. The Hall–Kier alpha value is -3.91. The predicted molar refractivity (Wildman–Crippen MR) is 136 cm³/mol. The van der Waals surface area contributed by atoms with Crippen molar-refractivity contribution in [3.05, 3.63) is 71.1 Å². The van der Waals surface area contributed by atoms with Gasteiger partial charge in [0.15, 0.2) is 0 Å². The highest BCUT2D eigenvalue weighted by Crippen LogP contribution is 2.38. The molecule has 2 amide bonds. The van der Waals surface area contributed by atoms with Crippen LogP contribution in [0.4, 0.5) is 5.69 Å². The predicted octanol–water partition coefficient (Wildman–Crippen LogP) is 4.58. The minimum Gasteiger partial charge on any atom is -0.398 e. The van der Waals surface area contributed by atoms with E-state index in [0.29, 0.717) is 23.4 Å². The first-order valence-electron chi connectivity index (χ1n) is 11.0. The lowest BCUT2D eigenvalue weighted by Crippen LogP contribution is -2.36. The monoisotopic (exact) mass is 471 g/mol. The van der Waals surface area contributed by atoms with E-state index in [1.54, 1.807) is 22.3 Å². The number of aromatic amines is 1. The Bertz CT molecular complexity index is 1440. The number of benzene rings is 2. The van der Waals surface area contributed by atoms with Crippen LogP contribution in [-0.4, -0.2) is 39.5 Å². The molecule has 0 saturated heterocycles. The van der Waals surface area contributed by atoms with Crippen molar-refractivity contribution in [3.8, 4) is 21.7 Å². The van der Waals surface area contributed by atoms with Crippen molar-refractivity contribution in [2.24, 2.45) is 0 Å². The van der Waals surface area contributed by atoms with Gasteiger partial charge in [-0.1, -0.05) is 24.8 Å². The zero-order chi connectivity index (χ0) is 24.0. The molecular weight excluding hydrogens is 446 g/mol. The van der Waals surface area contributed by atoms with Crippen LogP contribution < -0.4 is 11.1 Å². The lowest BCUT2D eigenvalue weighted by atomic mass is 9.94. The molecule has 0 saturated carbocycles. The van der Waals surface area contributed by atoms with Crippen LogP contribution in [0.1, 0.15) is 29.8 Å². The topological polar surface area (TPSA) is 104 Å². The second-order valence-corrected chi connectivity index (χ2v) is 9.71. The summed E-state index contributed by atoms with van der Waals surface area (Å²) < 4.78 is 0. The molecule has 3 heterocycles. The van der Waals surface area contributed by atoms with Crippen LogP contribution in [-0.2, 0) is 11.3 Å². The number of nitrogen functional groups attached to an aromatic ring is 1. The van der Waals surface area contributed by atoms with Gasteiger partial charge in [0.1, 0.15) is 5.69 Å². The highest BCUT2D eigenvalue weighted by atomic mass is 32.1. The van der Waals surface area contributed by atoms with Gasteiger partial charge in [-0.05, 0) is 60.2 Å². The fraction of sp³-hybridized carbons (Fsp3) is 0.192. The number of nitrogens with zero attached hydrogens (tertiary/aromatic N) is 2. The quantitative estimate of drug-likeness (QED) is 0.283. The molecule has 7 nitrogen and oxygen atoms in total. The molecule has 0 radical (unpaired) electrons. The van der Waals surface area contributed by atoms with E-state index in [9.17, 15) is 9.59 Å². The Morgan fingerprint density at radius 3 is 2.85 bits per heavy atom. The number of fused-ring (bicyclic) bond motifs is 2. The Kier molecular flexibility index (Phi) is 5.45. The second kappa shape index (κ2) is 8.46. The normalized spacial score (nSPS) is 13.0. The van der Waals surface area contributed by atoms with Gasteiger partial charge in [-0.25, -0.2) is 0 Å². The molecule has 1 aliphatic rings. The number of nitrogens with one attached hydrogen (secondary N) is 2. The molecule has 0 aliphatic carbocycles. The summed E-state index contributed by atoms with van der Waals surface area (Å²) in [6, 6.07) is 13.9. The maximum Gasteiger partial charge on any atom is 0.256 e. The molecule has 0 atom stereocenters. The van der Waals surface area contributed by atoms with E-state index >= 15 is 0 Å². The fourth-order valence-electron chi connectivity index (χ4n) is 4.35. The molecule has 172 valence electrons. The lowest BCUT2D eigenvalue weighted by Gasteiger charge is -2.18. The molecule has 2 aromatic heterocycles. The minimum absolute atomic E-state index is 0.00474. The third-order valence-electron chi connectivity index (χ3n) is 5.95. The molecule has 0 spiro atoms. The molecule has 0 fully saturated rings. The molecule has 34 heavy (non-hydrogen) atoms. The third kappa shape index (κ3) is 3.76.